The number of amides is 1. The van der Waals surface area contributed by atoms with Crippen LogP contribution >= 0.6 is 0 Å². The lowest BCUT2D eigenvalue weighted by Gasteiger charge is -2.43. The normalized spacial score (nSPS) is 24.7. The molecule has 33 heavy (non-hydrogen) atoms. The molecule has 1 aromatic carbocycles. The van der Waals surface area contributed by atoms with E-state index in [1.54, 1.807) is 18.2 Å². The molecule has 1 aromatic heterocycles. The molecule has 178 valence electrons. The van der Waals surface area contributed by atoms with Crippen LogP contribution in [0.1, 0.15) is 50.6 Å². The van der Waals surface area contributed by atoms with Crippen molar-refractivity contribution in [3.63, 3.8) is 0 Å². The number of likely N-dealkylation sites (tertiary alicyclic amines) is 1. The molecule has 3 aliphatic rings. The van der Waals surface area contributed by atoms with Crippen LogP contribution in [0.25, 0.3) is 10.9 Å². The van der Waals surface area contributed by atoms with Gasteiger partial charge in [0.2, 0.25) is 11.9 Å². The van der Waals surface area contributed by atoms with Gasteiger partial charge >= 0.3 is 0 Å². The van der Waals surface area contributed by atoms with Crippen molar-refractivity contribution in [1.82, 2.24) is 14.9 Å². The molecule has 0 N–H and O–H groups in total. The number of fused-ring (bicyclic) bond motifs is 2. The van der Waals surface area contributed by atoms with Crippen LogP contribution in [0, 0.1) is 24.7 Å². The summed E-state index contributed by atoms with van der Waals surface area (Å²) in [6, 6.07) is 5.03. The standard InChI is InChI=1S/C25H34N4O3S/c1-17-22-8-7-21(33(2,31)32)15-23(22)27-25(26-17)28-12-10-19(11-13-28)24(30)29-14-9-18-5-3-4-6-20(18)16-29/h7-8,15,18-20H,3-6,9-14,16H2,1-2H3/t18-,20-/m0/s1. The first-order chi connectivity index (χ1) is 15.8. The van der Waals surface area contributed by atoms with Crippen molar-refractivity contribution >= 4 is 32.6 Å². The lowest BCUT2D eigenvalue weighted by molar-refractivity contribution is -0.139. The number of benzene rings is 1. The third-order valence-corrected chi connectivity index (χ3v) is 9.12. The Hall–Kier alpha value is -2.22. The summed E-state index contributed by atoms with van der Waals surface area (Å²) in [4.78, 5) is 27.2. The van der Waals surface area contributed by atoms with E-state index in [-0.39, 0.29) is 10.8 Å². The fourth-order valence-corrected chi connectivity index (χ4v) is 6.65. The number of anilines is 1. The van der Waals surface area contributed by atoms with Crippen LogP contribution in [0.3, 0.4) is 0 Å². The Labute approximate surface area is 196 Å². The van der Waals surface area contributed by atoms with Crippen molar-refractivity contribution in [2.75, 3.05) is 37.3 Å². The van der Waals surface area contributed by atoms with Gasteiger partial charge in [0, 0.05) is 43.7 Å². The number of hydrogen-bond acceptors (Lipinski definition) is 6. The van der Waals surface area contributed by atoms with Gasteiger partial charge in [0.1, 0.15) is 0 Å². The number of carbonyl (C=O) groups excluding carboxylic acids is 1. The molecule has 0 radical (unpaired) electrons. The monoisotopic (exact) mass is 470 g/mol. The Kier molecular flexibility index (Phi) is 6.05. The molecule has 2 aliphatic heterocycles. The molecule has 2 aromatic rings. The number of hydrogen-bond donors (Lipinski definition) is 0. The van der Waals surface area contributed by atoms with Crippen LogP contribution in [-0.4, -0.2) is 61.6 Å². The van der Waals surface area contributed by atoms with E-state index in [1.165, 1.54) is 38.4 Å². The van der Waals surface area contributed by atoms with E-state index in [2.05, 4.69) is 9.80 Å². The van der Waals surface area contributed by atoms with Crippen LogP contribution in [0.4, 0.5) is 5.95 Å². The molecule has 1 amide bonds. The fraction of sp³-hybridized carbons (Fsp3) is 0.640. The minimum atomic E-state index is -3.30. The average molecular weight is 471 g/mol. The van der Waals surface area contributed by atoms with Gasteiger partial charge in [0.05, 0.1) is 16.1 Å². The molecule has 0 bridgehead atoms. The Balaban J connectivity index is 1.26. The maximum absolute atomic E-state index is 13.3. The highest BCUT2D eigenvalue weighted by Crippen LogP contribution is 2.37. The Bertz CT molecular complexity index is 1160. The molecule has 3 heterocycles. The Morgan fingerprint density at radius 2 is 1.70 bits per heavy atom. The molecule has 2 saturated heterocycles. The lowest BCUT2D eigenvalue weighted by Crippen LogP contribution is -2.49. The summed E-state index contributed by atoms with van der Waals surface area (Å²) in [5.41, 5.74) is 1.48. The largest absolute Gasteiger partial charge is 0.342 e. The molecule has 0 spiro atoms. The van der Waals surface area contributed by atoms with E-state index < -0.39 is 9.84 Å². The highest BCUT2D eigenvalue weighted by atomic mass is 32.2. The first-order valence-electron chi connectivity index (χ1n) is 12.3. The predicted octanol–water partition coefficient (Wildman–Crippen LogP) is 3.60. The van der Waals surface area contributed by atoms with Gasteiger partial charge in [-0.3, -0.25) is 4.79 Å². The Morgan fingerprint density at radius 1 is 0.970 bits per heavy atom. The zero-order chi connectivity index (χ0) is 23.2. The predicted molar refractivity (Wildman–Crippen MR) is 129 cm³/mol. The number of nitrogens with zero attached hydrogens (tertiary/aromatic N) is 4. The highest BCUT2D eigenvalue weighted by molar-refractivity contribution is 7.90. The van der Waals surface area contributed by atoms with E-state index in [1.807, 2.05) is 6.92 Å². The third-order valence-electron chi connectivity index (χ3n) is 8.01. The number of sulfone groups is 1. The number of carbonyl (C=O) groups is 1. The summed E-state index contributed by atoms with van der Waals surface area (Å²) in [7, 11) is -3.30. The van der Waals surface area contributed by atoms with Crippen molar-refractivity contribution in [2.24, 2.45) is 17.8 Å². The maximum Gasteiger partial charge on any atom is 0.226 e. The van der Waals surface area contributed by atoms with Gasteiger partial charge in [-0.25, -0.2) is 18.4 Å². The van der Waals surface area contributed by atoms with Crippen molar-refractivity contribution in [2.45, 2.75) is 56.8 Å². The second-order valence-corrected chi connectivity index (χ2v) is 12.2. The summed E-state index contributed by atoms with van der Waals surface area (Å²) < 4.78 is 23.9. The minimum absolute atomic E-state index is 0.0831. The molecule has 3 fully saturated rings. The lowest BCUT2D eigenvalue weighted by atomic mass is 9.75. The van der Waals surface area contributed by atoms with Crippen LogP contribution in [0.2, 0.25) is 0 Å². The SMILES string of the molecule is Cc1nc(N2CCC(C(=O)N3CC[C@@H]4CCCC[C@H]4C3)CC2)nc2cc(S(C)(=O)=O)ccc12. The zero-order valence-electron chi connectivity index (χ0n) is 19.7. The summed E-state index contributed by atoms with van der Waals surface area (Å²) in [5, 5.41) is 0.863. The summed E-state index contributed by atoms with van der Waals surface area (Å²) in [5.74, 6) is 2.59. The van der Waals surface area contributed by atoms with E-state index in [0.717, 1.165) is 56.0 Å². The molecule has 1 aliphatic carbocycles. The van der Waals surface area contributed by atoms with Gasteiger partial charge < -0.3 is 9.80 Å². The van der Waals surface area contributed by atoms with Gasteiger partial charge in [0.15, 0.2) is 9.84 Å². The fourth-order valence-electron chi connectivity index (χ4n) is 6.01. The van der Waals surface area contributed by atoms with E-state index in [9.17, 15) is 13.2 Å². The Morgan fingerprint density at radius 3 is 2.42 bits per heavy atom. The van der Waals surface area contributed by atoms with Gasteiger partial charge in [-0.1, -0.05) is 19.3 Å². The maximum atomic E-state index is 13.3. The van der Waals surface area contributed by atoms with Crippen LogP contribution < -0.4 is 4.90 Å². The second kappa shape index (κ2) is 8.85. The van der Waals surface area contributed by atoms with E-state index in [4.69, 9.17) is 9.97 Å². The highest BCUT2D eigenvalue weighted by Gasteiger charge is 2.36. The van der Waals surface area contributed by atoms with Crippen LogP contribution in [0.15, 0.2) is 23.1 Å². The second-order valence-electron chi connectivity index (χ2n) is 10.2. The van der Waals surface area contributed by atoms with Gasteiger partial charge in [0.25, 0.3) is 0 Å². The summed E-state index contributed by atoms with van der Waals surface area (Å²) in [6.07, 6.45) is 9.32. The van der Waals surface area contributed by atoms with Gasteiger partial charge in [-0.05, 0) is 62.6 Å². The molecule has 2 atom stereocenters. The van der Waals surface area contributed by atoms with E-state index in [0.29, 0.717) is 23.3 Å². The van der Waals surface area contributed by atoms with Crippen LogP contribution in [0.5, 0.6) is 0 Å². The van der Waals surface area contributed by atoms with Crippen molar-refractivity contribution in [3.05, 3.63) is 23.9 Å². The quantitative estimate of drug-likeness (QED) is 0.682. The third kappa shape index (κ3) is 4.59. The molecule has 1 saturated carbocycles. The van der Waals surface area contributed by atoms with Crippen molar-refractivity contribution in [3.8, 4) is 0 Å². The molecule has 5 rings (SSSR count). The smallest absolute Gasteiger partial charge is 0.226 e. The van der Waals surface area contributed by atoms with E-state index >= 15 is 0 Å². The van der Waals surface area contributed by atoms with Crippen LogP contribution in [-0.2, 0) is 14.6 Å². The number of rotatable bonds is 3. The van der Waals surface area contributed by atoms with Gasteiger partial charge in [-0.15, -0.1) is 0 Å². The zero-order valence-corrected chi connectivity index (χ0v) is 20.5. The molecular formula is C25H34N4O3S. The average Bonchev–Trinajstić information content (AvgIpc) is 2.82. The summed E-state index contributed by atoms with van der Waals surface area (Å²) >= 11 is 0. The van der Waals surface area contributed by atoms with Crippen molar-refractivity contribution < 1.29 is 13.2 Å². The summed E-state index contributed by atoms with van der Waals surface area (Å²) in [6.45, 7) is 5.30. The number of piperidine rings is 2. The van der Waals surface area contributed by atoms with Crippen molar-refractivity contribution in [1.29, 1.82) is 0 Å². The first kappa shape index (κ1) is 22.6. The molecule has 0 unspecified atom stereocenters. The number of aryl methyl sites for hydroxylation is 1. The number of aromatic nitrogens is 2. The minimum Gasteiger partial charge on any atom is -0.342 e. The topological polar surface area (TPSA) is 83.5 Å². The molecule has 7 nitrogen and oxygen atoms in total. The molecular weight excluding hydrogens is 436 g/mol. The first-order valence-corrected chi connectivity index (χ1v) is 14.2. The molecule has 8 heteroatoms. The van der Waals surface area contributed by atoms with Gasteiger partial charge in [-0.2, -0.15) is 0 Å².